The summed E-state index contributed by atoms with van der Waals surface area (Å²) >= 11 is 0. The van der Waals surface area contributed by atoms with E-state index in [1.807, 2.05) is 6.92 Å². The summed E-state index contributed by atoms with van der Waals surface area (Å²) in [4.78, 5) is 0. The first-order valence-electron chi connectivity index (χ1n) is 5.19. The van der Waals surface area contributed by atoms with Crippen molar-refractivity contribution in [2.45, 2.75) is 26.2 Å². The second-order valence-corrected chi connectivity index (χ2v) is 4.89. The molecule has 0 heterocycles. The molecule has 0 saturated heterocycles. The van der Waals surface area contributed by atoms with E-state index in [-0.39, 0.29) is 6.61 Å². The van der Waals surface area contributed by atoms with E-state index < -0.39 is 10.3 Å². The van der Waals surface area contributed by atoms with Crippen molar-refractivity contribution in [1.29, 1.82) is 0 Å². The fraction of sp³-hybridized carbons (Fsp3) is 0.455. The molecular weight excluding hydrogens is 226 g/mol. The van der Waals surface area contributed by atoms with Crippen LogP contribution in [0, 0.1) is 0 Å². The molecule has 0 aliphatic heterocycles. The van der Waals surface area contributed by atoms with E-state index in [1.54, 1.807) is 0 Å². The minimum atomic E-state index is -3.80. The maximum absolute atomic E-state index is 10.5. The van der Waals surface area contributed by atoms with Crippen LogP contribution in [0.3, 0.4) is 0 Å². The highest BCUT2D eigenvalue weighted by Gasteiger charge is 2.03. The molecule has 16 heavy (non-hydrogen) atoms. The van der Waals surface area contributed by atoms with Gasteiger partial charge in [-0.05, 0) is 37.3 Å². The summed E-state index contributed by atoms with van der Waals surface area (Å²) in [6.45, 7) is 2.18. The van der Waals surface area contributed by atoms with Gasteiger partial charge in [0, 0.05) is 0 Å². The van der Waals surface area contributed by atoms with Gasteiger partial charge in [0.05, 0.1) is 6.61 Å². The summed E-state index contributed by atoms with van der Waals surface area (Å²) < 4.78 is 25.5. The van der Waals surface area contributed by atoms with Crippen molar-refractivity contribution < 1.29 is 12.6 Å². The van der Waals surface area contributed by atoms with Crippen molar-refractivity contribution in [3.8, 4) is 0 Å². The quantitative estimate of drug-likeness (QED) is 0.749. The molecule has 0 atom stereocenters. The van der Waals surface area contributed by atoms with Crippen molar-refractivity contribution >= 4 is 10.3 Å². The number of rotatable bonds is 5. The van der Waals surface area contributed by atoms with E-state index in [0.29, 0.717) is 6.42 Å². The molecule has 0 unspecified atom stereocenters. The van der Waals surface area contributed by atoms with Gasteiger partial charge in [0.25, 0.3) is 0 Å². The Morgan fingerprint density at radius 3 is 2.75 bits per heavy atom. The van der Waals surface area contributed by atoms with E-state index >= 15 is 0 Å². The van der Waals surface area contributed by atoms with Gasteiger partial charge in [0.2, 0.25) is 0 Å². The van der Waals surface area contributed by atoms with Gasteiger partial charge in [-0.25, -0.2) is 5.14 Å². The average Bonchev–Trinajstić information content (AvgIpc) is 2.37. The molecule has 0 radical (unpaired) electrons. The first-order chi connectivity index (χ1) is 7.49. The average molecular weight is 243 g/mol. The number of hydrogen-bond donors (Lipinski definition) is 1. The zero-order chi connectivity index (χ0) is 12.0. The maximum Gasteiger partial charge on any atom is 0.333 e. The molecule has 0 fully saturated rings. The highest BCUT2D eigenvalue weighted by Crippen LogP contribution is 2.17. The maximum atomic E-state index is 10.5. The number of allylic oxidation sites excluding steroid dienone is 6. The first kappa shape index (κ1) is 13.2. The van der Waals surface area contributed by atoms with Crippen molar-refractivity contribution in [2.75, 3.05) is 6.61 Å². The van der Waals surface area contributed by atoms with E-state index in [9.17, 15) is 8.42 Å². The van der Waals surface area contributed by atoms with Crippen LogP contribution in [-0.2, 0) is 14.5 Å². The molecule has 0 aromatic heterocycles. The molecule has 5 heteroatoms. The summed E-state index contributed by atoms with van der Waals surface area (Å²) in [6, 6.07) is 0. The van der Waals surface area contributed by atoms with Crippen molar-refractivity contribution in [3.63, 3.8) is 0 Å². The Kier molecular flexibility index (Phi) is 4.92. The largest absolute Gasteiger partial charge is 0.333 e. The van der Waals surface area contributed by atoms with Crippen molar-refractivity contribution in [3.05, 3.63) is 35.5 Å². The molecule has 1 rings (SSSR count). The van der Waals surface area contributed by atoms with Crippen LogP contribution in [0.5, 0.6) is 0 Å². The molecule has 90 valence electrons. The third kappa shape index (κ3) is 5.25. The molecule has 0 amide bonds. The fourth-order valence-corrected chi connectivity index (χ4v) is 1.84. The Morgan fingerprint density at radius 2 is 2.06 bits per heavy atom. The predicted octanol–water partition coefficient (Wildman–Crippen LogP) is 1.82. The van der Waals surface area contributed by atoms with E-state index in [1.165, 1.54) is 11.1 Å². The second kappa shape index (κ2) is 5.98. The minimum Gasteiger partial charge on any atom is -0.258 e. The zero-order valence-corrected chi connectivity index (χ0v) is 10.2. The zero-order valence-electron chi connectivity index (χ0n) is 9.35. The Hall–Kier alpha value is -0.910. The van der Waals surface area contributed by atoms with Crippen molar-refractivity contribution in [2.24, 2.45) is 5.14 Å². The Bertz CT molecular complexity index is 419. The van der Waals surface area contributed by atoms with Gasteiger partial charge in [0.1, 0.15) is 0 Å². The SMILES string of the molecule is CC1=C(CCCOS(N)(=O)=O)C=CCC=C1. The Labute approximate surface area is 96.7 Å². The highest BCUT2D eigenvalue weighted by molar-refractivity contribution is 7.84. The summed E-state index contributed by atoms with van der Waals surface area (Å²) in [5.41, 5.74) is 2.43. The second-order valence-electron chi connectivity index (χ2n) is 3.67. The Balaban J connectivity index is 2.40. The Morgan fingerprint density at radius 1 is 1.38 bits per heavy atom. The summed E-state index contributed by atoms with van der Waals surface area (Å²) in [6.07, 6.45) is 10.7. The first-order valence-corrected chi connectivity index (χ1v) is 6.66. The van der Waals surface area contributed by atoms with Crippen LogP contribution < -0.4 is 5.14 Å². The lowest BCUT2D eigenvalue weighted by atomic mass is 10.0. The lowest BCUT2D eigenvalue weighted by molar-refractivity contribution is 0.313. The molecular formula is C11H17NO3S. The highest BCUT2D eigenvalue weighted by atomic mass is 32.2. The van der Waals surface area contributed by atoms with E-state index in [4.69, 9.17) is 5.14 Å². The van der Waals surface area contributed by atoms with Crippen LogP contribution in [0.2, 0.25) is 0 Å². The lowest BCUT2D eigenvalue weighted by Crippen LogP contribution is -2.16. The molecule has 0 saturated carbocycles. The molecule has 1 aliphatic rings. The topological polar surface area (TPSA) is 69.4 Å². The van der Waals surface area contributed by atoms with Gasteiger partial charge in [-0.2, -0.15) is 8.42 Å². The van der Waals surface area contributed by atoms with Crippen LogP contribution in [0.4, 0.5) is 0 Å². The van der Waals surface area contributed by atoms with Crippen LogP contribution in [0.25, 0.3) is 0 Å². The summed E-state index contributed by atoms with van der Waals surface area (Å²) in [5, 5.41) is 4.72. The molecule has 0 aromatic rings. The third-order valence-corrected chi connectivity index (χ3v) is 2.80. The van der Waals surface area contributed by atoms with Gasteiger partial charge in [-0.3, -0.25) is 4.18 Å². The molecule has 0 spiro atoms. The van der Waals surface area contributed by atoms with Crippen LogP contribution in [-0.4, -0.2) is 15.0 Å². The predicted molar refractivity (Wildman–Crippen MR) is 63.9 cm³/mol. The van der Waals surface area contributed by atoms with E-state index in [2.05, 4.69) is 28.5 Å². The summed E-state index contributed by atoms with van der Waals surface area (Å²) in [5.74, 6) is 0. The van der Waals surface area contributed by atoms with Gasteiger partial charge in [0.15, 0.2) is 0 Å². The normalized spacial score (nSPS) is 16.6. The number of hydrogen-bond acceptors (Lipinski definition) is 3. The van der Waals surface area contributed by atoms with Gasteiger partial charge < -0.3 is 0 Å². The number of nitrogens with two attached hydrogens (primary N) is 1. The van der Waals surface area contributed by atoms with E-state index in [0.717, 1.165) is 12.8 Å². The van der Waals surface area contributed by atoms with Crippen LogP contribution in [0.1, 0.15) is 26.2 Å². The molecule has 0 bridgehead atoms. The van der Waals surface area contributed by atoms with Gasteiger partial charge >= 0.3 is 10.3 Å². The molecule has 0 aromatic carbocycles. The monoisotopic (exact) mass is 243 g/mol. The fourth-order valence-electron chi connectivity index (χ4n) is 1.49. The van der Waals surface area contributed by atoms with Gasteiger partial charge in [-0.15, -0.1) is 0 Å². The van der Waals surface area contributed by atoms with Crippen LogP contribution in [0.15, 0.2) is 35.5 Å². The smallest absolute Gasteiger partial charge is 0.258 e. The molecule has 1 aliphatic carbocycles. The molecule has 2 N–H and O–H groups in total. The summed E-state index contributed by atoms with van der Waals surface area (Å²) in [7, 11) is -3.80. The molecule has 4 nitrogen and oxygen atoms in total. The van der Waals surface area contributed by atoms with Gasteiger partial charge in [-0.1, -0.05) is 24.3 Å². The van der Waals surface area contributed by atoms with Crippen molar-refractivity contribution in [1.82, 2.24) is 0 Å². The standard InChI is InChI=1S/C11H17NO3S/c1-10-6-3-2-4-7-11(10)8-5-9-15-16(12,13)14/h3-4,6-7H,2,5,8-9H2,1H3,(H2,12,13,14). The lowest BCUT2D eigenvalue weighted by Gasteiger charge is -2.04. The third-order valence-electron chi connectivity index (χ3n) is 2.30. The minimum absolute atomic E-state index is 0.132. The van der Waals surface area contributed by atoms with Crippen LogP contribution >= 0.6 is 0 Å².